The van der Waals surface area contributed by atoms with Crippen molar-refractivity contribution in [3.63, 3.8) is 0 Å². The first kappa shape index (κ1) is 21.4. The fraction of sp³-hybridized carbons (Fsp3) is 0.350. The minimum Gasteiger partial charge on any atom is -0.355 e. The Morgan fingerprint density at radius 2 is 1.75 bits per heavy atom. The third kappa shape index (κ3) is 5.80. The SMILES string of the molecule is CC(C)(C(=O)NCCC(=O)NCc1cccnc1)c1cccc(C(F)(F)F)c1. The minimum atomic E-state index is -4.48. The molecule has 0 bridgehead atoms. The lowest BCUT2D eigenvalue weighted by molar-refractivity contribution is -0.138. The Labute approximate surface area is 161 Å². The molecule has 8 heteroatoms. The summed E-state index contributed by atoms with van der Waals surface area (Å²) in [7, 11) is 0. The van der Waals surface area contributed by atoms with Gasteiger partial charge in [0.25, 0.3) is 0 Å². The molecule has 2 amide bonds. The molecule has 0 saturated carbocycles. The summed E-state index contributed by atoms with van der Waals surface area (Å²) in [4.78, 5) is 28.3. The molecule has 2 N–H and O–H groups in total. The number of nitrogens with one attached hydrogen (secondary N) is 2. The highest BCUT2D eigenvalue weighted by Crippen LogP contribution is 2.32. The van der Waals surface area contributed by atoms with Crippen LogP contribution in [0.15, 0.2) is 48.8 Å². The second kappa shape index (κ2) is 8.86. The first-order chi connectivity index (χ1) is 13.1. The van der Waals surface area contributed by atoms with Crippen molar-refractivity contribution in [2.45, 2.75) is 38.4 Å². The summed E-state index contributed by atoms with van der Waals surface area (Å²) in [5.41, 5.74) is -0.875. The van der Waals surface area contributed by atoms with Gasteiger partial charge in [-0.1, -0.05) is 24.3 Å². The second-order valence-electron chi connectivity index (χ2n) is 6.85. The molecule has 2 aromatic rings. The number of hydrogen-bond acceptors (Lipinski definition) is 3. The Balaban J connectivity index is 1.87. The lowest BCUT2D eigenvalue weighted by atomic mass is 9.83. The van der Waals surface area contributed by atoms with Gasteiger partial charge in [-0.3, -0.25) is 14.6 Å². The normalized spacial score (nSPS) is 11.8. The molecular formula is C20H22F3N3O2. The fourth-order valence-electron chi connectivity index (χ4n) is 2.52. The zero-order chi connectivity index (χ0) is 20.8. The summed E-state index contributed by atoms with van der Waals surface area (Å²) < 4.78 is 38.7. The van der Waals surface area contributed by atoms with E-state index in [0.29, 0.717) is 6.54 Å². The number of benzene rings is 1. The van der Waals surface area contributed by atoms with E-state index in [9.17, 15) is 22.8 Å². The van der Waals surface area contributed by atoms with Gasteiger partial charge >= 0.3 is 6.18 Å². The third-order valence-corrected chi connectivity index (χ3v) is 4.33. The number of amides is 2. The molecule has 1 aromatic carbocycles. The summed E-state index contributed by atoms with van der Waals surface area (Å²) in [5.74, 6) is -0.701. The monoisotopic (exact) mass is 393 g/mol. The Bertz CT molecular complexity index is 821. The second-order valence-corrected chi connectivity index (χ2v) is 6.85. The van der Waals surface area contributed by atoms with Gasteiger partial charge < -0.3 is 10.6 Å². The van der Waals surface area contributed by atoms with Crippen LogP contribution in [-0.2, 0) is 27.7 Å². The third-order valence-electron chi connectivity index (χ3n) is 4.33. The van der Waals surface area contributed by atoms with E-state index >= 15 is 0 Å². The number of rotatable bonds is 7. The molecule has 0 atom stereocenters. The van der Waals surface area contributed by atoms with Crippen LogP contribution in [0.25, 0.3) is 0 Å². The number of halogens is 3. The molecule has 0 aliphatic rings. The number of nitrogens with zero attached hydrogens (tertiary/aromatic N) is 1. The number of carbonyl (C=O) groups excluding carboxylic acids is 2. The van der Waals surface area contributed by atoms with Crippen LogP contribution < -0.4 is 10.6 Å². The molecule has 1 aromatic heterocycles. The van der Waals surface area contributed by atoms with Crippen LogP contribution in [0.1, 0.15) is 37.0 Å². The van der Waals surface area contributed by atoms with Crippen LogP contribution in [-0.4, -0.2) is 23.3 Å². The fourth-order valence-corrected chi connectivity index (χ4v) is 2.52. The van der Waals surface area contributed by atoms with E-state index in [0.717, 1.165) is 17.7 Å². The Morgan fingerprint density at radius 3 is 2.39 bits per heavy atom. The zero-order valence-electron chi connectivity index (χ0n) is 15.6. The zero-order valence-corrected chi connectivity index (χ0v) is 15.6. The molecule has 150 valence electrons. The van der Waals surface area contributed by atoms with Crippen LogP contribution in [0.5, 0.6) is 0 Å². The van der Waals surface area contributed by atoms with Crippen molar-refractivity contribution in [2.75, 3.05) is 6.54 Å². The van der Waals surface area contributed by atoms with E-state index in [4.69, 9.17) is 0 Å². The van der Waals surface area contributed by atoms with E-state index in [1.165, 1.54) is 12.1 Å². The van der Waals surface area contributed by atoms with Gasteiger partial charge in [-0.15, -0.1) is 0 Å². The molecule has 0 aliphatic heterocycles. The summed E-state index contributed by atoms with van der Waals surface area (Å²) in [6, 6.07) is 8.28. The van der Waals surface area contributed by atoms with Crippen molar-refractivity contribution in [2.24, 2.45) is 0 Å². The highest BCUT2D eigenvalue weighted by atomic mass is 19.4. The maximum atomic E-state index is 12.9. The largest absolute Gasteiger partial charge is 0.416 e. The van der Waals surface area contributed by atoms with Gasteiger partial charge in [0.1, 0.15) is 0 Å². The Hall–Kier alpha value is -2.90. The van der Waals surface area contributed by atoms with E-state index in [1.807, 2.05) is 6.07 Å². The number of carbonyl (C=O) groups is 2. The molecule has 1 heterocycles. The van der Waals surface area contributed by atoms with Gasteiger partial charge in [0, 0.05) is 31.9 Å². The van der Waals surface area contributed by atoms with Gasteiger partial charge in [0.2, 0.25) is 11.8 Å². The molecule has 2 rings (SSSR count). The highest BCUT2D eigenvalue weighted by Gasteiger charge is 2.34. The molecule has 5 nitrogen and oxygen atoms in total. The molecule has 0 fully saturated rings. The highest BCUT2D eigenvalue weighted by molar-refractivity contribution is 5.87. The van der Waals surface area contributed by atoms with E-state index in [2.05, 4.69) is 15.6 Å². The molecule has 0 unspecified atom stereocenters. The van der Waals surface area contributed by atoms with Gasteiger partial charge in [-0.25, -0.2) is 0 Å². The standard InChI is InChI=1S/C20H22F3N3O2/c1-19(2,15-6-3-7-16(11-15)20(21,22)23)18(28)25-10-8-17(27)26-13-14-5-4-9-24-12-14/h3-7,9,11-12H,8,10,13H2,1-2H3,(H,25,28)(H,26,27). The quantitative estimate of drug-likeness (QED) is 0.759. The summed E-state index contributed by atoms with van der Waals surface area (Å²) in [6.07, 6.45) is -1.15. The van der Waals surface area contributed by atoms with E-state index < -0.39 is 23.1 Å². The van der Waals surface area contributed by atoms with Crippen molar-refractivity contribution in [1.29, 1.82) is 0 Å². The van der Waals surface area contributed by atoms with Crippen molar-refractivity contribution >= 4 is 11.8 Å². The molecular weight excluding hydrogens is 371 g/mol. The first-order valence-corrected chi connectivity index (χ1v) is 8.72. The average molecular weight is 393 g/mol. The molecule has 0 saturated heterocycles. The lowest BCUT2D eigenvalue weighted by Gasteiger charge is -2.25. The van der Waals surface area contributed by atoms with Gasteiger partial charge in [0.05, 0.1) is 11.0 Å². The molecule has 0 aliphatic carbocycles. The molecule has 0 spiro atoms. The topological polar surface area (TPSA) is 71.1 Å². The van der Waals surface area contributed by atoms with Crippen molar-refractivity contribution in [3.05, 3.63) is 65.5 Å². The Morgan fingerprint density at radius 1 is 1.04 bits per heavy atom. The molecule has 0 radical (unpaired) electrons. The van der Waals surface area contributed by atoms with Gasteiger partial charge in [-0.2, -0.15) is 13.2 Å². The predicted octanol–water partition coefficient (Wildman–Crippen LogP) is 3.20. The summed E-state index contributed by atoms with van der Waals surface area (Å²) in [6.45, 7) is 3.50. The van der Waals surface area contributed by atoms with Crippen molar-refractivity contribution in [3.8, 4) is 0 Å². The van der Waals surface area contributed by atoms with Crippen LogP contribution >= 0.6 is 0 Å². The van der Waals surface area contributed by atoms with Crippen LogP contribution in [0.2, 0.25) is 0 Å². The summed E-state index contributed by atoms with van der Waals surface area (Å²) >= 11 is 0. The predicted molar refractivity (Wildman–Crippen MR) is 98.2 cm³/mol. The van der Waals surface area contributed by atoms with Crippen LogP contribution in [0.4, 0.5) is 13.2 Å². The number of alkyl halides is 3. The number of hydrogen-bond donors (Lipinski definition) is 2. The first-order valence-electron chi connectivity index (χ1n) is 8.72. The van der Waals surface area contributed by atoms with Crippen molar-refractivity contribution < 1.29 is 22.8 Å². The summed E-state index contributed by atoms with van der Waals surface area (Å²) in [5, 5.41) is 5.33. The van der Waals surface area contributed by atoms with Gasteiger partial charge in [0.15, 0.2) is 0 Å². The maximum Gasteiger partial charge on any atom is 0.416 e. The lowest BCUT2D eigenvalue weighted by Crippen LogP contribution is -2.41. The molecule has 28 heavy (non-hydrogen) atoms. The Kier molecular flexibility index (Phi) is 6.77. The number of pyridine rings is 1. The average Bonchev–Trinajstić information content (AvgIpc) is 2.66. The smallest absolute Gasteiger partial charge is 0.355 e. The van der Waals surface area contributed by atoms with E-state index in [1.54, 1.807) is 32.3 Å². The number of aromatic nitrogens is 1. The van der Waals surface area contributed by atoms with E-state index in [-0.39, 0.29) is 24.4 Å². The van der Waals surface area contributed by atoms with Crippen molar-refractivity contribution in [1.82, 2.24) is 15.6 Å². The van der Waals surface area contributed by atoms with Crippen LogP contribution in [0.3, 0.4) is 0 Å². The maximum absolute atomic E-state index is 12.9. The van der Waals surface area contributed by atoms with Crippen LogP contribution in [0, 0.1) is 0 Å². The minimum absolute atomic E-state index is 0.0602. The van der Waals surface area contributed by atoms with Gasteiger partial charge in [-0.05, 0) is 37.1 Å².